The summed E-state index contributed by atoms with van der Waals surface area (Å²) >= 11 is 0. The van der Waals surface area contributed by atoms with E-state index in [2.05, 4.69) is 38.7 Å². The number of hydrazone groups is 1. The molecule has 104 valence electrons. The summed E-state index contributed by atoms with van der Waals surface area (Å²) in [6.07, 6.45) is 12.2. The SMILES string of the molecule is C=C/C=C\C(=C/C=C)N(C)/N=C(/CCC)C(=C)CC. The number of nitrogens with zero attached hydrogens (tertiary/aromatic N) is 2. The van der Waals surface area contributed by atoms with Crippen molar-refractivity contribution in [1.82, 2.24) is 5.01 Å². The summed E-state index contributed by atoms with van der Waals surface area (Å²) in [6.45, 7) is 15.7. The molecule has 2 heteroatoms. The van der Waals surface area contributed by atoms with Gasteiger partial charge < -0.3 is 0 Å². The largest absolute Gasteiger partial charge is 0.268 e. The number of hydrogen-bond donors (Lipinski definition) is 0. The normalized spacial score (nSPS) is 12.6. The van der Waals surface area contributed by atoms with Crippen molar-refractivity contribution < 1.29 is 0 Å². The molecule has 0 aromatic heterocycles. The smallest absolute Gasteiger partial charge is 0.0635 e. The van der Waals surface area contributed by atoms with Crippen molar-refractivity contribution in [3.63, 3.8) is 0 Å². The van der Waals surface area contributed by atoms with Gasteiger partial charge in [-0.2, -0.15) is 5.10 Å². The molecule has 0 saturated carbocycles. The van der Waals surface area contributed by atoms with Gasteiger partial charge in [-0.3, -0.25) is 5.01 Å². The topological polar surface area (TPSA) is 15.6 Å². The standard InChI is InChI=1S/C17H26N2/c1-7-11-14-16(12-8-2)19(6)18-17(13-9-3)15(5)10-4/h7-8,11-12,14H,1-2,5,9-10,13H2,3-4,6H3/b14-11-,16-12+,18-17-. The van der Waals surface area contributed by atoms with Gasteiger partial charge in [0.15, 0.2) is 0 Å². The van der Waals surface area contributed by atoms with E-state index in [9.17, 15) is 0 Å². The second-order valence-electron chi connectivity index (χ2n) is 4.20. The van der Waals surface area contributed by atoms with Crippen molar-refractivity contribution in [3.8, 4) is 0 Å². The molecule has 0 atom stereocenters. The highest BCUT2D eigenvalue weighted by molar-refractivity contribution is 5.99. The summed E-state index contributed by atoms with van der Waals surface area (Å²) in [5.41, 5.74) is 3.13. The first-order valence-corrected chi connectivity index (χ1v) is 6.71. The van der Waals surface area contributed by atoms with E-state index in [0.717, 1.165) is 36.2 Å². The number of rotatable bonds is 9. The molecule has 0 rings (SSSR count). The molecule has 0 fully saturated rings. The highest BCUT2D eigenvalue weighted by Crippen LogP contribution is 2.11. The van der Waals surface area contributed by atoms with E-state index in [4.69, 9.17) is 0 Å². The van der Waals surface area contributed by atoms with Crippen LogP contribution in [0.25, 0.3) is 0 Å². The molecule has 0 aromatic rings. The Kier molecular flexibility index (Phi) is 9.15. The van der Waals surface area contributed by atoms with Gasteiger partial charge in [0.25, 0.3) is 0 Å². The Bertz CT molecular complexity index is 397. The zero-order valence-electron chi connectivity index (χ0n) is 12.5. The summed E-state index contributed by atoms with van der Waals surface area (Å²) in [4.78, 5) is 0. The van der Waals surface area contributed by atoms with E-state index in [1.807, 2.05) is 30.3 Å². The Morgan fingerprint density at radius 2 is 1.89 bits per heavy atom. The maximum Gasteiger partial charge on any atom is 0.0635 e. The fraction of sp³-hybridized carbons (Fsp3) is 0.353. The number of allylic oxidation sites excluding steroid dienone is 6. The van der Waals surface area contributed by atoms with Gasteiger partial charge in [-0.15, -0.1) is 0 Å². The van der Waals surface area contributed by atoms with Gasteiger partial charge in [0, 0.05) is 7.05 Å². The third kappa shape index (κ3) is 6.61. The highest BCUT2D eigenvalue weighted by Gasteiger charge is 2.05. The van der Waals surface area contributed by atoms with E-state index >= 15 is 0 Å². The van der Waals surface area contributed by atoms with Crippen LogP contribution in [0.15, 0.2) is 66.5 Å². The predicted molar refractivity (Wildman–Crippen MR) is 87.2 cm³/mol. The van der Waals surface area contributed by atoms with Crippen LogP contribution in [0.3, 0.4) is 0 Å². The van der Waals surface area contributed by atoms with Crippen LogP contribution >= 0.6 is 0 Å². The Balaban J connectivity index is 5.20. The van der Waals surface area contributed by atoms with Crippen molar-refractivity contribution in [3.05, 3.63) is 61.4 Å². The summed E-state index contributed by atoms with van der Waals surface area (Å²) in [5, 5.41) is 6.51. The van der Waals surface area contributed by atoms with Crippen molar-refractivity contribution >= 4 is 5.71 Å². The summed E-state index contributed by atoms with van der Waals surface area (Å²) < 4.78 is 0. The molecule has 19 heavy (non-hydrogen) atoms. The minimum absolute atomic E-state index is 0.926. The van der Waals surface area contributed by atoms with Crippen LogP contribution in [0.1, 0.15) is 33.1 Å². The van der Waals surface area contributed by atoms with Crippen LogP contribution in [0, 0.1) is 0 Å². The van der Waals surface area contributed by atoms with Crippen LogP contribution in [-0.2, 0) is 0 Å². The average molecular weight is 258 g/mol. The molecule has 0 N–H and O–H groups in total. The predicted octanol–water partition coefficient (Wildman–Crippen LogP) is 4.85. The van der Waals surface area contributed by atoms with Gasteiger partial charge in [-0.05, 0) is 30.6 Å². The Hall–Kier alpha value is -1.83. The molecular formula is C17H26N2. The molecule has 0 aliphatic heterocycles. The summed E-state index contributed by atoms with van der Waals surface area (Å²) in [7, 11) is 1.93. The van der Waals surface area contributed by atoms with Crippen LogP contribution < -0.4 is 0 Å². The van der Waals surface area contributed by atoms with Gasteiger partial charge in [0.2, 0.25) is 0 Å². The van der Waals surface area contributed by atoms with Crippen molar-refractivity contribution in [2.24, 2.45) is 5.10 Å². The third-order valence-electron chi connectivity index (χ3n) is 2.66. The lowest BCUT2D eigenvalue weighted by Gasteiger charge is -2.17. The Morgan fingerprint density at radius 3 is 2.37 bits per heavy atom. The van der Waals surface area contributed by atoms with Crippen LogP contribution in [0.2, 0.25) is 0 Å². The second-order valence-corrected chi connectivity index (χ2v) is 4.20. The van der Waals surface area contributed by atoms with E-state index in [1.54, 1.807) is 12.2 Å². The van der Waals surface area contributed by atoms with Gasteiger partial charge in [-0.25, -0.2) is 0 Å². The zero-order chi connectivity index (χ0) is 14.7. The van der Waals surface area contributed by atoms with Gasteiger partial charge in [0.1, 0.15) is 0 Å². The molecule has 0 saturated heterocycles. The quantitative estimate of drug-likeness (QED) is 0.328. The molecule has 0 spiro atoms. The van der Waals surface area contributed by atoms with Crippen LogP contribution in [0.5, 0.6) is 0 Å². The lowest BCUT2D eigenvalue weighted by molar-refractivity contribution is 0.459. The third-order valence-corrected chi connectivity index (χ3v) is 2.66. The number of likely N-dealkylation sites (N-methyl/N-ethyl adjacent to an activating group) is 1. The Morgan fingerprint density at radius 1 is 1.21 bits per heavy atom. The summed E-state index contributed by atoms with van der Waals surface area (Å²) in [6, 6.07) is 0. The zero-order valence-corrected chi connectivity index (χ0v) is 12.5. The molecule has 0 unspecified atom stereocenters. The lowest BCUT2D eigenvalue weighted by atomic mass is 10.1. The monoisotopic (exact) mass is 258 g/mol. The van der Waals surface area contributed by atoms with Crippen molar-refractivity contribution in [1.29, 1.82) is 0 Å². The van der Waals surface area contributed by atoms with Gasteiger partial charge in [0.05, 0.1) is 11.4 Å². The van der Waals surface area contributed by atoms with E-state index < -0.39 is 0 Å². The second kappa shape index (κ2) is 10.1. The van der Waals surface area contributed by atoms with Crippen LogP contribution in [0.4, 0.5) is 0 Å². The minimum atomic E-state index is 0.926. The molecule has 0 aliphatic rings. The minimum Gasteiger partial charge on any atom is -0.268 e. The Labute approximate surface area is 118 Å². The van der Waals surface area contributed by atoms with Gasteiger partial charge in [-0.1, -0.05) is 58.2 Å². The molecule has 0 bridgehead atoms. The molecule has 0 amide bonds. The fourth-order valence-corrected chi connectivity index (χ4v) is 1.54. The molecular weight excluding hydrogens is 232 g/mol. The van der Waals surface area contributed by atoms with E-state index in [-0.39, 0.29) is 0 Å². The first-order chi connectivity index (χ1) is 9.10. The molecule has 2 nitrogen and oxygen atoms in total. The van der Waals surface area contributed by atoms with E-state index in [1.165, 1.54) is 0 Å². The van der Waals surface area contributed by atoms with Crippen molar-refractivity contribution in [2.45, 2.75) is 33.1 Å². The maximum atomic E-state index is 4.66. The first-order valence-electron chi connectivity index (χ1n) is 6.71. The first kappa shape index (κ1) is 17.2. The maximum absolute atomic E-state index is 4.66. The molecule has 0 aromatic carbocycles. The highest BCUT2D eigenvalue weighted by atomic mass is 15.4. The molecule has 0 aliphatic carbocycles. The summed E-state index contributed by atoms with van der Waals surface area (Å²) in [5.74, 6) is 0. The molecule has 0 heterocycles. The lowest BCUT2D eigenvalue weighted by Crippen LogP contribution is -2.14. The fourth-order valence-electron chi connectivity index (χ4n) is 1.54. The van der Waals surface area contributed by atoms with Crippen molar-refractivity contribution in [2.75, 3.05) is 7.05 Å². The van der Waals surface area contributed by atoms with Gasteiger partial charge >= 0.3 is 0 Å². The number of hydrogen-bond acceptors (Lipinski definition) is 2. The average Bonchev–Trinajstić information content (AvgIpc) is 2.41. The van der Waals surface area contributed by atoms with Crippen LogP contribution in [-0.4, -0.2) is 17.8 Å². The van der Waals surface area contributed by atoms with E-state index in [0.29, 0.717) is 0 Å². The molecule has 0 radical (unpaired) electrons.